The van der Waals surface area contributed by atoms with Gasteiger partial charge in [-0.25, -0.2) is 8.78 Å². The Labute approximate surface area is 138 Å². The predicted octanol–water partition coefficient (Wildman–Crippen LogP) is 2.30. The van der Waals surface area contributed by atoms with E-state index in [-0.39, 0.29) is 24.0 Å². The van der Waals surface area contributed by atoms with Gasteiger partial charge in [0.05, 0.1) is 0 Å². The highest BCUT2D eigenvalue weighted by atomic mass is 35.5. The number of benzene rings is 1. The summed E-state index contributed by atoms with van der Waals surface area (Å²) < 4.78 is 28.2. The highest BCUT2D eigenvalue weighted by Gasteiger charge is 2.42. The van der Waals surface area contributed by atoms with Crippen molar-refractivity contribution < 1.29 is 13.6 Å². The summed E-state index contributed by atoms with van der Waals surface area (Å²) in [7, 11) is 0. The lowest BCUT2D eigenvalue weighted by Gasteiger charge is -2.36. The number of carbonyl (C=O) groups excluding carboxylic acids is 1. The second kappa shape index (κ2) is 7.06. The molecule has 1 aromatic heterocycles. The Bertz CT molecular complexity index is 652. The van der Waals surface area contributed by atoms with Crippen LogP contribution in [0.25, 0.3) is 0 Å². The van der Waals surface area contributed by atoms with Gasteiger partial charge in [-0.3, -0.25) is 9.48 Å². The average molecular weight is 343 g/mol. The number of amides is 1. The molecule has 124 valence electrons. The van der Waals surface area contributed by atoms with E-state index in [1.807, 2.05) is 0 Å². The number of halogens is 3. The van der Waals surface area contributed by atoms with Crippen molar-refractivity contribution in [3.63, 3.8) is 0 Å². The molecule has 23 heavy (non-hydrogen) atoms. The Kier molecular flexibility index (Phi) is 5.33. The van der Waals surface area contributed by atoms with Crippen LogP contribution in [-0.4, -0.2) is 28.8 Å². The van der Waals surface area contributed by atoms with Crippen LogP contribution in [0.5, 0.6) is 0 Å². The van der Waals surface area contributed by atoms with E-state index in [0.29, 0.717) is 25.9 Å². The molecular weight excluding hydrogens is 326 g/mol. The molecule has 0 atom stereocenters. The van der Waals surface area contributed by atoms with Crippen LogP contribution in [0.15, 0.2) is 36.7 Å². The molecule has 5 nitrogen and oxygen atoms in total. The third-order valence-corrected chi connectivity index (χ3v) is 3.92. The fraction of sp³-hybridized carbons (Fsp3) is 0.333. The van der Waals surface area contributed by atoms with Crippen molar-refractivity contribution >= 4 is 24.0 Å². The number of nitrogens with one attached hydrogen (secondary N) is 2. The SMILES string of the molecule is Cl.O=C(Nc1cc(F)cc(F)c1)C1(n2cccn2)CCNCC1. The molecule has 2 N–H and O–H groups in total. The summed E-state index contributed by atoms with van der Waals surface area (Å²) in [6.07, 6.45) is 4.45. The van der Waals surface area contributed by atoms with E-state index < -0.39 is 17.2 Å². The molecule has 0 unspecified atom stereocenters. The first-order chi connectivity index (χ1) is 10.6. The molecule has 0 bridgehead atoms. The molecular formula is C15H17ClF2N4O. The molecule has 0 radical (unpaired) electrons. The molecule has 1 aliphatic heterocycles. The summed E-state index contributed by atoms with van der Waals surface area (Å²) in [5, 5.41) is 10.0. The third-order valence-electron chi connectivity index (χ3n) is 3.92. The van der Waals surface area contributed by atoms with Crippen molar-refractivity contribution in [3.05, 3.63) is 48.3 Å². The van der Waals surface area contributed by atoms with Crippen LogP contribution in [-0.2, 0) is 10.3 Å². The van der Waals surface area contributed by atoms with Gasteiger partial charge in [-0.1, -0.05) is 0 Å². The van der Waals surface area contributed by atoms with Gasteiger partial charge in [0, 0.05) is 24.1 Å². The third kappa shape index (κ3) is 3.51. The monoisotopic (exact) mass is 342 g/mol. The van der Waals surface area contributed by atoms with Crippen LogP contribution >= 0.6 is 12.4 Å². The van der Waals surface area contributed by atoms with E-state index in [1.54, 1.807) is 23.1 Å². The van der Waals surface area contributed by atoms with Gasteiger partial charge in [-0.05, 0) is 44.1 Å². The zero-order chi connectivity index (χ0) is 15.6. The smallest absolute Gasteiger partial charge is 0.252 e. The fourth-order valence-electron chi connectivity index (χ4n) is 2.80. The van der Waals surface area contributed by atoms with Gasteiger partial charge < -0.3 is 10.6 Å². The Morgan fingerprint density at radius 2 is 1.87 bits per heavy atom. The maximum absolute atomic E-state index is 13.3. The normalized spacial score (nSPS) is 16.4. The molecule has 8 heteroatoms. The second-order valence-electron chi connectivity index (χ2n) is 5.34. The number of rotatable bonds is 3. The zero-order valence-corrected chi connectivity index (χ0v) is 13.1. The van der Waals surface area contributed by atoms with Crippen LogP contribution in [0.3, 0.4) is 0 Å². The van der Waals surface area contributed by atoms with Crippen molar-refractivity contribution in [1.29, 1.82) is 0 Å². The van der Waals surface area contributed by atoms with Gasteiger partial charge in [-0.2, -0.15) is 5.10 Å². The molecule has 0 spiro atoms. The highest BCUT2D eigenvalue weighted by molar-refractivity contribution is 5.96. The van der Waals surface area contributed by atoms with Crippen molar-refractivity contribution in [2.45, 2.75) is 18.4 Å². The predicted molar refractivity (Wildman–Crippen MR) is 84.5 cm³/mol. The molecule has 3 rings (SSSR count). The molecule has 1 saturated heterocycles. The number of hydrogen-bond acceptors (Lipinski definition) is 3. The Morgan fingerprint density at radius 3 is 2.43 bits per heavy atom. The lowest BCUT2D eigenvalue weighted by atomic mass is 9.87. The van der Waals surface area contributed by atoms with Gasteiger partial charge in [0.2, 0.25) is 0 Å². The average Bonchev–Trinajstić information content (AvgIpc) is 3.01. The van der Waals surface area contributed by atoms with Crippen molar-refractivity contribution in [2.24, 2.45) is 0 Å². The summed E-state index contributed by atoms with van der Waals surface area (Å²) in [5.74, 6) is -1.77. The Balaban J connectivity index is 0.00000192. The van der Waals surface area contributed by atoms with Crippen molar-refractivity contribution in [1.82, 2.24) is 15.1 Å². The van der Waals surface area contributed by atoms with Crippen LogP contribution in [0.1, 0.15) is 12.8 Å². The summed E-state index contributed by atoms with van der Waals surface area (Å²) in [4.78, 5) is 12.8. The summed E-state index contributed by atoms with van der Waals surface area (Å²) in [5.41, 5.74) is -0.745. The van der Waals surface area contributed by atoms with E-state index >= 15 is 0 Å². The second-order valence-corrected chi connectivity index (χ2v) is 5.34. The van der Waals surface area contributed by atoms with Gasteiger partial charge in [0.25, 0.3) is 5.91 Å². The molecule has 2 aromatic rings. The van der Waals surface area contributed by atoms with Gasteiger partial charge >= 0.3 is 0 Å². The first-order valence-corrected chi connectivity index (χ1v) is 7.09. The van der Waals surface area contributed by atoms with Gasteiger partial charge in [0.1, 0.15) is 17.2 Å². The number of nitrogens with zero attached hydrogens (tertiary/aromatic N) is 2. The lowest BCUT2D eigenvalue weighted by Crippen LogP contribution is -2.52. The fourth-order valence-corrected chi connectivity index (χ4v) is 2.80. The van der Waals surface area contributed by atoms with E-state index in [2.05, 4.69) is 15.7 Å². The first-order valence-electron chi connectivity index (χ1n) is 7.09. The van der Waals surface area contributed by atoms with Crippen molar-refractivity contribution in [2.75, 3.05) is 18.4 Å². The number of anilines is 1. The molecule has 1 amide bonds. The van der Waals surface area contributed by atoms with Gasteiger partial charge in [-0.15, -0.1) is 12.4 Å². The summed E-state index contributed by atoms with van der Waals surface area (Å²) in [6, 6.07) is 4.71. The van der Waals surface area contributed by atoms with E-state index in [4.69, 9.17) is 0 Å². The minimum Gasteiger partial charge on any atom is -0.324 e. The van der Waals surface area contributed by atoms with Crippen molar-refractivity contribution in [3.8, 4) is 0 Å². The Hall–Kier alpha value is -1.99. The van der Waals surface area contributed by atoms with E-state index in [9.17, 15) is 13.6 Å². The minimum absolute atomic E-state index is 0. The topological polar surface area (TPSA) is 59.0 Å². The quantitative estimate of drug-likeness (QED) is 0.900. The van der Waals surface area contributed by atoms with Crippen LogP contribution < -0.4 is 10.6 Å². The molecule has 1 aliphatic rings. The van der Waals surface area contributed by atoms with Crippen LogP contribution in [0.4, 0.5) is 14.5 Å². The van der Waals surface area contributed by atoms with Gasteiger partial charge in [0.15, 0.2) is 0 Å². The highest BCUT2D eigenvalue weighted by Crippen LogP contribution is 2.29. The number of hydrogen-bond donors (Lipinski definition) is 2. The Morgan fingerprint density at radius 1 is 1.22 bits per heavy atom. The van der Waals surface area contributed by atoms with Crippen LogP contribution in [0, 0.1) is 11.6 Å². The standard InChI is InChI=1S/C15H16F2N4O.ClH/c16-11-8-12(17)10-13(9-11)20-14(22)15(2-5-18-6-3-15)21-7-1-4-19-21;/h1,4,7-10,18H,2-3,5-6H2,(H,20,22);1H. The molecule has 1 fully saturated rings. The summed E-state index contributed by atoms with van der Waals surface area (Å²) in [6.45, 7) is 1.34. The van der Waals surface area contributed by atoms with E-state index in [0.717, 1.165) is 18.2 Å². The zero-order valence-electron chi connectivity index (χ0n) is 12.3. The number of piperidine rings is 1. The van der Waals surface area contributed by atoms with E-state index in [1.165, 1.54) is 0 Å². The minimum atomic E-state index is -0.850. The number of aromatic nitrogens is 2. The largest absolute Gasteiger partial charge is 0.324 e. The molecule has 2 heterocycles. The number of carbonyl (C=O) groups is 1. The molecule has 1 aromatic carbocycles. The first kappa shape index (κ1) is 17.4. The summed E-state index contributed by atoms with van der Waals surface area (Å²) >= 11 is 0. The lowest BCUT2D eigenvalue weighted by molar-refractivity contribution is -0.126. The maximum atomic E-state index is 13.3. The molecule has 0 saturated carbocycles. The maximum Gasteiger partial charge on any atom is 0.252 e. The molecule has 0 aliphatic carbocycles. The van der Waals surface area contributed by atoms with Crippen LogP contribution in [0.2, 0.25) is 0 Å².